The lowest BCUT2D eigenvalue weighted by atomic mass is 9.88. The second-order valence-corrected chi connectivity index (χ2v) is 8.07. The number of benzene rings is 1. The van der Waals surface area contributed by atoms with E-state index in [9.17, 15) is 14.4 Å². The lowest BCUT2D eigenvalue weighted by Gasteiger charge is -2.35. The zero-order valence-corrected chi connectivity index (χ0v) is 16.9. The van der Waals surface area contributed by atoms with E-state index in [-0.39, 0.29) is 35.7 Å². The molecule has 152 valence electrons. The van der Waals surface area contributed by atoms with E-state index in [1.165, 1.54) is 0 Å². The molecule has 0 unspecified atom stereocenters. The first kappa shape index (κ1) is 20.4. The Bertz CT molecular complexity index is 725. The van der Waals surface area contributed by atoms with Gasteiger partial charge >= 0.3 is 0 Å². The first-order chi connectivity index (χ1) is 13.5. The molecule has 0 radical (unpaired) electrons. The summed E-state index contributed by atoms with van der Waals surface area (Å²) in [5, 5.41) is 6.35. The maximum absolute atomic E-state index is 12.8. The molecule has 0 spiro atoms. The molecule has 1 aliphatic heterocycles. The van der Waals surface area contributed by atoms with Crippen molar-refractivity contribution in [3.05, 3.63) is 35.4 Å². The lowest BCUT2D eigenvalue weighted by molar-refractivity contribution is -0.134. The SMILES string of the molecule is CC(=O)N1CCC(C(=O)N[C@@H]2CCCC[C@H]2NC(=O)c2ccccc2C)CC1. The first-order valence-electron chi connectivity index (χ1n) is 10.4. The molecule has 0 bridgehead atoms. The smallest absolute Gasteiger partial charge is 0.251 e. The van der Waals surface area contributed by atoms with Crippen molar-refractivity contribution >= 4 is 17.7 Å². The summed E-state index contributed by atoms with van der Waals surface area (Å²) in [4.78, 5) is 38.7. The van der Waals surface area contributed by atoms with Crippen LogP contribution in [0, 0.1) is 12.8 Å². The average molecular weight is 386 g/mol. The van der Waals surface area contributed by atoms with E-state index >= 15 is 0 Å². The van der Waals surface area contributed by atoms with Gasteiger partial charge in [-0.2, -0.15) is 0 Å². The molecule has 28 heavy (non-hydrogen) atoms. The van der Waals surface area contributed by atoms with Crippen LogP contribution in [0.25, 0.3) is 0 Å². The first-order valence-corrected chi connectivity index (χ1v) is 10.4. The van der Waals surface area contributed by atoms with E-state index < -0.39 is 0 Å². The number of aryl methyl sites for hydroxylation is 1. The molecule has 1 saturated carbocycles. The van der Waals surface area contributed by atoms with Crippen molar-refractivity contribution in [1.29, 1.82) is 0 Å². The van der Waals surface area contributed by atoms with Crippen molar-refractivity contribution in [1.82, 2.24) is 15.5 Å². The Labute approximate surface area is 167 Å². The number of nitrogens with zero attached hydrogens (tertiary/aromatic N) is 1. The van der Waals surface area contributed by atoms with Crippen molar-refractivity contribution in [3.63, 3.8) is 0 Å². The largest absolute Gasteiger partial charge is 0.351 e. The second-order valence-electron chi connectivity index (χ2n) is 8.07. The summed E-state index contributed by atoms with van der Waals surface area (Å²) in [5.41, 5.74) is 1.64. The molecular formula is C22H31N3O3. The van der Waals surface area contributed by atoms with Crippen LogP contribution in [0.4, 0.5) is 0 Å². The van der Waals surface area contributed by atoms with Gasteiger partial charge in [0.15, 0.2) is 0 Å². The molecule has 1 aromatic carbocycles. The molecule has 2 atom stereocenters. The highest BCUT2D eigenvalue weighted by atomic mass is 16.2. The Morgan fingerprint density at radius 1 is 0.929 bits per heavy atom. The highest BCUT2D eigenvalue weighted by molar-refractivity contribution is 5.95. The summed E-state index contributed by atoms with van der Waals surface area (Å²) < 4.78 is 0. The molecule has 6 heteroatoms. The zero-order chi connectivity index (χ0) is 20.1. The summed E-state index contributed by atoms with van der Waals surface area (Å²) in [6.07, 6.45) is 5.30. The Kier molecular flexibility index (Phi) is 6.70. The van der Waals surface area contributed by atoms with Crippen LogP contribution in [0.3, 0.4) is 0 Å². The number of carbonyl (C=O) groups is 3. The van der Waals surface area contributed by atoms with Crippen LogP contribution >= 0.6 is 0 Å². The van der Waals surface area contributed by atoms with Crippen molar-refractivity contribution in [3.8, 4) is 0 Å². The second kappa shape index (κ2) is 9.22. The van der Waals surface area contributed by atoms with Crippen molar-refractivity contribution < 1.29 is 14.4 Å². The topological polar surface area (TPSA) is 78.5 Å². The zero-order valence-electron chi connectivity index (χ0n) is 16.9. The van der Waals surface area contributed by atoms with Gasteiger partial charge in [-0.05, 0) is 44.2 Å². The summed E-state index contributed by atoms with van der Waals surface area (Å²) in [6.45, 7) is 4.80. The van der Waals surface area contributed by atoms with Gasteiger partial charge in [0.2, 0.25) is 11.8 Å². The fraction of sp³-hybridized carbons (Fsp3) is 0.591. The third-order valence-corrected chi connectivity index (χ3v) is 6.11. The van der Waals surface area contributed by atoms with Gasteiger partial charge in [-0.1, -0.05) is 31.0 Å². The van der Waals surface area contributed by atoms with Crippen LogP contribution in [0.1, 0.15) is 61.4 Å². The maximum Gasteiger partial charge on any atom is 0.251 e. The minimum atomic E-state index is -0.0704. The van der Waals surface area contributed by atoms with Crippen molar-refractivity contribution in [2.75, 3.05) is 13.1 Å². The fourth-order valence-corrected chi connectivity index (χ4v) is 4.31. The summed E-state index contributed by atoms with van der Waals surface area (Å²) in [5.74, 6) is 0.0135. The molecule has 1 aromatic rings. The molecule has 1 aliphatic carbocycles. The maximum atomic E-state index is 12.8. The van der Waals surface area contributed by atoms with Crippen molar-refractivity contribution in [2.24, 2.45) is 5.92 Å². The Hall–Kier alpha value is -2.37. The third kappa shape index (κ3) is 4.91. The molecule has 2 aliphatic rings. The lowest BCUT2D eigenvalue weighted by Crippen LogP contribution is -2.55. The summed E-state index contributed by atoms with van der Waals surface area (Å²) in [6, 6.07) is 7.50. The predicted molar refractivity (Wildman–Crippen MR) is 108 cm³/mol. The third-order valence-electron chi connectivity index (χ3n) is 6.11. The van der Waals surface area contributed by atoms with Gasteiger partial charge in [0, 0.05) is 43.6 Å². The minimum Gasteiger partial charge on any atom is -0.351 e. The van der Waals surface area contributed by atoms with E-state index in [0.717, 1.165) is 31.2 Å². The predicted octanol–water partition coefficient (Wildman–Crippen LogP) is 2.41. The number of amides is 3. The fourth-order valence-electron chi connectivity index (χ4n) is 4.31. The van der Waals surface area contributed by atoms with Crippen molar-refractivity contribution in [2.45, 2.75) is 64.5 Å². The monoisotopic (exact) mass is 385 g/mol. The number of nitrogens with one attached hydrogen (secondary N) is 2. The highest BCUT2D eigenvalue weighted by Crippen LogP contribution is 2.22. The van der Waals surface area contributed by atoms with Crippen LogP contribution in [0.15, 0.2) is 24.3 Å². The quantitative estimate of drug-likeness (QED) is 0.835. The van der Waals surface area contributed by atoms with Gasteiger partial charge in [0.25, 0.3) is 5.91 Å². The molecule has 3 amide bonds. The standard InChI is InChI=1S/C22H31N3O3/c1-15-7-3-4-8-18(15)22(28)24-20-10-6-5-9-19(20)23-21(27)17-11-13-25(14-12-17)16(2)26/h3-4,7-8,17,19-20H,5-6,9-14H2,1-2H3,(H,23,27)(H,24,28)/t19-,20-/m1/s1. The van der Waals surface area contributed by atoms with Gasteiger partial charge in [0.05, 0.1) is 0 Å². The van der Waals surface area contributed by atoms with E-state index in [4.69, 9.17) is 0 Å². The highest BCUT2D eigenvalue weighted by Gasteiger charge is 2.32. The van der Waals surface area contributed by atoms with Crippen LogP contribution in [0.5, 0.6) is 0 Å². The minimum absolute atomic E-state index is 0.0277. The normalized spacial score (nSPS) is 23.1. The molecule has 0 aromatic heterocycles. The van der Waals surface area contributed by atoms with Gasteiger partial charge in [-0.3, -0.25) is 14.4 Å². The number of likely N-dealkylation sites (tertiary alicyclic amines) is 1. The molecule has 1 saturated heterocycles. The van der Waals surface area contributed by atoms with Crippen LogP contribution in [-0.4, -0.2) is 47.8 Å². The van der Waals surface area contributed by atoms with E-state index in [1.807, 2.05) is 31.2 Å². The number of hydrogen-bond donors (Lipinski definition) is 2. The molecule has 1 heterocycles. The average Bonchev–Trinajstić information content (AvgIpc) is 2.69. The van der Waals surface area contributed by atoms with Gasteiger partial charge < -0.3 is 15.5 Å². The Morgan fingerprint density at radius 3 is 2.14 bits per heavy atom. The van der Waals surface area contributed by atoms with E-state index in [2.05, 4.69) is 10.6 Å². The van der Waals surface area contributed by atoms with Crippen LogP contribution < -0.4 is 10.6 Å². The van der Waals surface area contributed by atoms with E-state index in [1.54, 1.807) is 11.8 Å². The summed E-state index contributed by atoms with van der Waals surface area (Å²) >= 11 is 0. The molecule has 2 N–H and O–H groups in total. The summed E-state index contributed by atoms with van der Waals surface area (Å²) in [7, 11) is 0. The number of carbonyl (C=O) groups excluding carboxylic acids is 3. The van der Waals surface area contributed by atoms with Gasteiger partial charge in [-0.15, -0.1) is 0 Å². The number of rotatable bonds is 4. The van der Waals surface area contributed by atoms with Gasteiger partial charge in [0.1, 0.15) is 0 Å². The molecular weight excluding hydrogens is 354 g/mol. The number of hydrogen-bond acceptors (Lipinski definition) is 3. The molecule has 6 nitrogen and oxygen atoms in total. The van der Waals surface area contributed by atoms with E-state index in [0.29, 0.717) is 31.5 Å². The molecule has 2 fully saturated rings. The van der Waals surface area contributed by atoms with Crippen LogP contribution in [-0.2, 0) is 9.59 Å². The Morgan fingerprint density at radius 2 is 1.54 bits per heavy atom. The van der Waals surface area contributed by atoms with Gasteiger partial charge in [-0.25, -0.2) is 0 Å². The van der Waals surface area contributed by atoms with Crippen LogP contribution in [0.2, 0.25) is 0 Å². The Balaban J connectivity index is 1.57. The number of piperidine rings is 1. The molecule has 3 rings (SSSR count).